The van der Waals surface area contributed by atoms with Crippen LogP contribution >= 0.6 is 0 Å². The SMILES string of the molecule is CC.CCC1[CH]C=C(C)N1. The van der Waals surface area contributed by atoms with Gasteiger partial charge in [-0.3, -0.25) is 0 Å². The van der Waals surface area contributed by atoms with Crippen LogP contribution in [-0.4, -0.2) is 6.04 Å². The number of hydrogen-bond donors (Lipinski definition) is 1. The highest BCUT2D eigenvalue weighted by Crippen LogP contribution is 2.08. The largest absolute Gasteiger partial charge is 0.385 e. The predicted octanol–water partition coefficient (Wildman–Crippen LogP) is 2.50. The van der Waals surface area contributed by atoms with Crippen molar-refractivity contribution in [1.82, 2.24) is 5.32 Å². The number of hydrogen-bond acceptors (Lipinski definition) is 1. The molecule has 1 aliphatic rings. The lowest BCUT2D eigenvalue weighted by Gasteiger charge is -2.06. The van der Waals surface area contributed by atoms with E-state index in [0.29, 0.717) is 6.04 Å². The first-order valence-corrected chi connectivity index (χ1v) is 4.11. The van der Waals surface area contributed by atoms with Gasteiger partial charge in [-0.05, 0) is 13.3 Å². The Labute approximate surface area is 64.5 Å². The van der Waals surface area contributed by atoms with Crippen molar-refractivity contribution in [3.05, 3.63) is 18.2 Å². The summed E-state index contributed by atoms with van der Waals surface area (Å²) in [5.74, 6) is 0. The molecule has 0 fully saturated rings. The zero-order valence-electron chi connectivity index (χ0n) is 7.44. The summed E-state index contributed by atoms with van der Waals surface area (Å²) in [5.41, 5.74) is 1.29. The first-order valence-electron chi connectivity index (χ1n) is 4.11. The van der Waals surface area contributed by atoms with Gasteiger partial charge in [0, 0.05) is 18.2 Å². The zero-order valence-corrected chi connectivity index (χ0v) is 7.44. The van der Waals surface area contributed by atoms with E-state index in [-0.39, 0.29) is 0 Å². The first-order chi connectivity index (χ1) is 4.83. The molecular formula is C9H18N. The van der Waals surface area contributed by atoms with Crippen LogP contribution in [0.2, 0.25) is 0 Å². The lowest BCUT2D eigenvalue weighted by molar-refractivity contribution is 0.656. The molecule has 1 radical (unpaired) electrons. The van der Waals surface area contributed by atoms with Gasteiger partial charge in [-0.15, -0.1) is 0 Å². The van der Waals surface area contributed by atoms with Gasteiger partial charge in [-0.1, -0.05) is 26.8 Å². The van der Waals surface area contributed by atoms with Crippen LogP contribution < -0.4 is 5.32 Å². The van der Waals surface area contributed by atoms with Crippen molar-refractivity contribution in [2.24, 2.45) is 0 Å². The van der Waals surface area contributed by atoms with Gasteiger partial charge >= 0.3 is 0 Å². The molecule has 1 unspecified atom stereocenters. The van der Waals surface area contributed by atoms with Crippen LogP contribution in [0.25, 0.3) is 0 Å². The van der Waals surface area contributed by atoms with Crippen LogP contribution in [0.15, 0.2) is 11.8 Å². The molecule has 0 bridgehead atoms. The van der Waals surface area contributed by atoms with Crippen molar-refractivity contribution in [2.75, 3.05) is 0 Å². The van der Waals surface area contributed by atoms with Crippen molar-refractivity contribution >= 4 is 0 Å². The highest BCUT2D eigenvalue weighted by molar-refractivity contribution is 5.16. The van der Waals surface area contributed by atoms with Gasteiger partial charge in [0.25, 0.3) is 0 Å². The van der Waals surface area contributed by atoms with Gasteiger partial charge in [0.05, 0.1) is 0 Å². The molecule has 0 aromatic rings. The van der Waals surface area contributed by atoms with Crippen LogP contribution in [0.4, 0.5) is 0 Å². The summed E-state index contributed by atoms with van der Waals surface area (Å²) in [5, 5.41) is 3.31. The van der Waals surface area contributed by atoms with Crippen molar-refractivity contribution in [1.29, 1.82) is 0 Å². The van der Waals surface area contributed by atoms with Crippen LogP contribution in [-0.2, 0) is 0 Å². The van der Waals surface area contributed by atoms with E-state index in [0.717, 1.165) is 0 Å². The number of rotatable bonds is 1. The van der Waals surface area contributed by atoms with Crippen LogP contribution in [0.5, 0.6) is 0 Å². The maximum atomic E-state index is 3.31. The van der Waals surface area contributed by atoms with Gasteiger partial charge in [0.1, 0.15) is 0 Å². The monoisotopic (exact) mass is 140 g/mol. The molecule has 0 spiro atoms. The Balaban J connectivity index is 0.000000371. The van der Waals surface area contributed by atoms with E-state index in [1.165, 1.54) is 12.1 Å². The molecule has 1 aliphatic heterocycles. The number of allylic oxidation sites excluding steroid dienone is 1. The lowest BCUT2D eigenvalue weighted by atomic mass is 10.2. The minimum absolute atomic E-state index is 0.606. The molecule has 0 aliphatic carbocycles. The molecule has 1 heteroatoms. The van der Waals surface area contributed by atoms with Gasteiger partial charge in [0.2, 0.25) is 0 Å². The second-order valence-corrected chi connectivity index (χ2v) is 2.20. The van der Waals surface area contributed by atoms with Crippen molar-refractivity contribution in [3.8, 4) is 0 Å². The molecule has 1 nitrogen and oxygen atoms in total. The van der Waals surface area contributed by atoms with Crippen LogP contribution in [0, 0.1) is 6.42 Å². The van der Waals surface area contributed by atoms with Crippen molar-refractivity contribution < 1.29 is 0 Å². The van der Waals surface area contributed by atoms with Crippen LogP contribution in [0.1, 0.15) is 34.1 Å². The Morgan fingerprint density at radius 2 is 2.10 bits per heavy atom. The highest BCUT2D eigenvalue weighted by atomic mass is 14.9. The fourth-order valence-electron chi connectivity index (χ4n) is 0.887. The third-order valence-electron chi connectivity index (χ3n) is 1.43. The highest BCUT2D eigenvalue weighted by Gasteiger charge is 2.09. The van der Waals surface area contributed by atoms with Gasteiger partial charge in [0.15, 0.2) is 0 Å². The third kappa shape index (κ3) is 2.90. The summed E-state index contributed by atoms with van der Waals surface area (Å²) in [7, 11) is 0. The van der Waals surface area contributed by atoms with Gasteiger partial charge < -0.3 is 5.32 Å². The summed E-state index contributed by atoms with van der Waals surface area (Å²) in [6.45, 7) is 8.27. The third-order valence-corrected chi connectivity index (χ3v) is 1.43. The Kier molecular flexibility index (Phi) is 5.09. The van der Waals surface area contributed by atoms with E-state index in [4.69, 9.17) is 0 Å². The Morgan fingerprint density at radius 3 is 2.30 bits per heavy atom. The molecule has 0 saturated carbocycles. The second-order valence-electron chi connectivity index (χ2n) is 2.20. The van der Waals surface area contributed by atoms with E-state index < -0.39 is 0 Å². The molecule has 1 atom stereocenters. The Morgan fingerprint density at radius 1 is 1.50 bits per heavy atom. The fraction of sp³-hybridized carbons (Fsp3) is 0.667. The average molecular weight is 140 g/mol. The molecule has 1 rings (SSSR count). The molecule has 0 aromatic heterocycles. The van der Waals surface area contributed by atoms with Gasteiger partial charge in [-0.2, -0.15) is 0 Å². The van der Waals surface area contributed by atoms with E-state index in [1.54, 1.807) is 0 Å². The molecular weight excluding hydrogens is 122 g/mol. The standard InChI is InChI=1S/C7H12N.C2H6/c1-3-7-5-4-6(2)8-7;1-2/h4-5,7-8H,3H2,1-2H3;1-2H3. The zero-order chi connectivity index (χ0) is 7.98. The Hall–Kier alpha value is -0.460. The van der Waals surface area contributed by atoms with E-state index >= 15 is 0 Å². The molecule has 59 valence electrons. The van der Waals surface area contributed by atoms with E-state index in [2.05, 4.69) is 31.7 Å². The van der Waals surface area contributed by atoms with E-state index in [9.17, 15) is 0 Å². The minimum atomic E-state index is 0.606. The quantitative estimate of drug-likeness (QED) is 0.590. The fourth-order valence-corrected chi connectivity index (χ4v) is 0.887. The van der Waals surface area contributed by atoms with Gasteiger partial charge in [-0.25, -0.2) is 0 Å². The second kappa shape index (κ2) is 5.33. The first kappa shape index (κ1) is 9.54. The maximum absolute atomic E-state index is 3.31. The molecule has 0 saturated heterocycles. The van der Waals surface area contributed by atoms with Crippen molar-refractivity contribution in [3.63, 3.8) is 0 Å². The molecule has 0 amide bonds. The Bertz CT molecular complexity index is 105. The molecule has 10 heavy (non-hydrogen) atoms. The maximum Gasteiger partial charge on any atom is 0.0325 e. The smallest absolute Gasteiger partial charge is 0.0325 e. The van der Waals surface area contributed by atoms with Crippen LogP contribution in [0.3, 0.4) is 0 Å². The van der Waals surface area contributed by atoms with E-state index in [1.807, 2.05) is 13.8 Å². The summed E-state index contributed by atoms with van der Waals surface area (Å²) in [6.07, 6.45) is 5.53. The molecule has 1 heterocycles. The normalized spacial score (nSPS) is 22.4. The molecule has 0 aromatic carbocycles. The summed E-state index contributed by atoms with van der Waals surface area (Å²) >= 11 is 0. The molecule has 1 N–H and O–H groups in total. The average Bonchev–Trinajstić information content (AvgIpc) is 2.40. The summed E-state index contributed by atoms with van der Waals surface area (Å²) in [6, 6.07) is 0.606. The lowest BCUT2D eigenvalue weighted by Crippen LogP contribution is -2.20. The topological polar surface area (TPSA) is 12.0 Å². The van der Waals surface area contributed by atoms with Crippen molar-refractivity contribution in [2.45, 2.75) is 40.2 Å². The summed E-state index contributed by atoms with van der Waals surface area (Å²) < 4.78 is 0. The minimum Gasteiger partial charge on any atom is -0.385 e. The summed E-state index contributed by atoms with van der Waals surface area (Å²) in [4.78, 5) is 0. The predicted molar refractivity (Wildman–Crippen MR) is 46.6 cm³/mol. The number of nitrogens with one attached hydrogen (secondary N) is 1.